The monoisotopic (exact) mass is 269 g/mol. The Morgan fingerprint density at radius 2 is 1.95 bits per heavy atom. The molecule has 1 N–H and O–H groups in total. The summed E-state index contributed by atoms with van der Waals surface area (Å²) >= 11 is 0. The second kappa shape index (κ2) is 6.08. The lowest BCUT2D eigenvalue weighted by molar-refractivity contribution is -0.164. The zero-order valence-electron chi connectivity index (χ0n) is 11.9. The Kier molecular flexibility index (Phi) is 4.42. The van der Waals surface area contributed by atoms with Gasteiger partial charge in [-0.3, -0.25) is 4.90 Å². The maximum atomic E-state index is 9.55. The first-order chi connectivity index (χ1) is 9.31. The zero-order chi connectivity index (χ0) is 13.1. The molecule has 2 saturated heterocycles. The molecule has 2 heterocycles. The summed E-state index contributed by atoms with van der Waals surface area (Å²) in [5.41, 5.74) is 0. The molecule has 1 saturated carbocycles. The van der Waals surface area contributed by atoms with Gasteiger partial charge < -0.3 is 14.6 Å². The summed E-state index contributed by atoms with van der Waals surface area (Å²) in [4.78, 5) is 2.43. The van der Waals surface area contributed by atoms with Gasteiger partial charge in [0, 0.05) is 25.4 Å². The van der Waals surface area contributed by atoms with E-state index >= 15 is 0 Å². The molecule has 0 amide bonds. The van der Waals surface area contributed by atoms with Crippen molar-refractivity contribution in [3.63, 3.8) is 0 Å². The quantitative estimate of drug-likeness (QED) is 0.850. The Hall–Kier alpha value is -0.160. The van der Waals surface area contributed by atoms with Crippen molar-refractivity contribution in [3.05, 3.63) is 0 Å². The molecule has 1 aliphatic carbocycles. The Balaban J connectivity index is 1.55. The number of aliphatic hydroxyl groups is 1. The second-order valence-electron chi connectivity index (χ2n) is 6.35. The predicted molar refractivity (Wildman–Crippen MR) is 72.9 cm³/mol. The fourth-order valence-corrected chi connectivity index (χ4v) is 3.83. The minimum Gasteiger partial charge on any atom is -0.395 e. The minimum absolute atomic E-state index is 0.199. The van der Waals surface area contributed by atoms with Gasteiger partial charge in [0.05, 0.1) is 19.3 Å². The molecule has 2 aliphatic heterocycles. The van der Waals surface area contributed by atoms with Crippen molar-refractivity contribution in [1.29, 1.82) is 0 Å². The van der Waals surface area contributed by atoms with E-state index in [9.17, 15) is 5.11 Å². The highest BCUT2D eigenvalue weighted by Crippen LogP contribution is 2.39. The van der Waals surface area contributed by atoms with Crippen LogP contribution in [-0.4, -0.2) is 54.2 Å². The fraction of sp³-hybridized carbons (Fsp3) is 1.00. The van der Waals surface area contributed by atoms with Gasteiger partial charge in [0.25, 0.3) is 0 Å². The molecular weight excluding hydrogens is 242 g/mol. The minimum atomic E-state index is -0.245. The molecule has 2 atom stereocenters. The molecule has 1 spiro atoms. The molecule has 4 heteroatoms. The SMILES string of the molecule is OCC1CCCCCN1CC1COC2(CCCC2)O1. The van der Waals surface area contributed by atoms with Crippen molar-refractivity contribution in [2.45, 2.75) is 69.3 Å². The van der Waals surface area contributed by atoms with Gasteiger partial charge in [0.1, 0.15) is 0 Å². The molecule has 0 radical (unpaired) electrons. The summed E-state index contributed by atoms with van der Waals surface area (Å²) in [6.45, 7) is 3.03. The van der Waals surface area contributed by atoms with Gasteiger partial charge in [0.2, 0.25) is 0 Å². The highest BCUT2D eigenvalue weighted by Gasteiger charge is 2.44. The maximum absolute atomic E-state index is 9.55. The summed E-state index contributed by atoms with van der Waals surface area (Å²) in [6, 6.07) is 0.325. The molecule has 3 fully saturated rings. The Morgan fingerprint density at radius 1 is 1.11 bits per heavy atom. The highest BCUT2D eigenvalue weighted by atomic mass is 16.7. The highest BCUT2D eigenvalue weighted by molar-refractivity contribution is 4.86. The van der Waals surface area contributed by atoms with Gasteiger partial charge in [-0.25, -0.2) is 0 Å². The van der Waals surface area contributed by atoms with Crippen molar-refractivity contribution in [2.75, 3.05) is 26.3 Å². The van der Waals surface area contributed by atoms with E-state index in [1.165, 1.54) is 32.1 Å². The summed E-state index contributed by atoms with van der Waals surface area (Å²) in [5.74, 6) is -0.245. The van der Waals surface area contributed by atoms with Crippen LogP contribution in [-0.2, 0) is 9.47 Å². The van der Waals surface area contributed by atoms with Crippen LogP contribution in [0.2, 0.25) is 0 Å². The lowest BCUT2D eigenvalue weighted by Crippen LogP contribution is -2.43. The average Bonchev–Trinajstić information content (AvgIpc) is 2.97. The number of aliphatic hydroxyl groups excluding tert-OH is 1. The number of ether oxygens (including phenoxy) is 2. The Morgan fingerprint density at radius 3 is 2.74 bits per heavy atom. The number of nitrogens with zero attached hydrogens (tertiary/aromatic N) is 1. The zero-order valence-corrected chi connectivity index (χ0v) is 11.9. The summed E-state index contributed by atoms with van der Waals surface area (Å²) in [5, 5.41) is 9.55. The molecular formula is C15H27NO3. The maximum Gasteiger partial charge on any atom is 0.168 e. The topological polar surface area (TPSA) is 41.9 Å². The molecule has 0 aromatic rings. The first-order valence-corrected chi connectivity index (χ1v) is 7.98. The van der Waals surface area contributed by atoms with Crippen LogP contribution in [0.1, 0.15) is 51.4 Å². The van der Waals surface area contributed by atoms with Crippen molar-refractivity contribution >= 4 is 0 Å². The lowest BCUT2D eigenvalue weighted by atomic mass is 10.1. The molecule has 3 aliphatic rings. The third kappa shape index (κ3) is 3.13. The van der Waals surface area contributed by atoms with Crippen LogP contribution in [0, 0.1) is 0 Å². The molecule has 0 bridgehead atoms. The van der Waals surface area contributed by atoms with E-state index in [4.69, 9.17) is 9.47 Å². The Bertz CT molecular complexity index is 291. The van der Waals surface area contributed by atoms with Crippen molar-refractivity contribution in [3.8, 4) is 0 Å². The molecule has 0 aromatic heterocycles. The number of likely N-dealkylation sites (tertiary alicyclic amines) is 1. The van der Waals surface area contributed by atoms with E-state index in [0.29, 0.717) is 6.04 Å². The first-order valence-electron chi connectivity index (χ1n) is 7.98. The van der Waals surface area contributed by atoms with Crippen LogP contribution in [0.3, 0.4) is 0 Å². The van der Waals surface area contributed by atoms with E-state index in [0.717, 1.165) is 39.0 Å². The van der Waals surface area contributed by atoms with E-state index in [-0.39, 0.29) is 18.5 Å². The van der Waals surface area contributed by atoms with Crippen LogP contribution in [0.5, 0.6) is 0 Å². The van der Waals surface area contributed by atoms with E-state index < -0.39 is 0 Å². The van der Waals surface area contributed by atoms with Gasteiger partial charge in [-0.1, -0.05) is 12.8 Å². The van der Waals surface area contributed by atoms with Crippen LogP contribution >= 0.6 is 0 Å². The normalized spacial score (nSPS) is 35.8. The molecule has 0 aromatic carbocycles. The summed E-state index contributed by atoms with van der Waals surface area (Å²) in [7, 11) is 0. The molecule has 19 heavy (non-hydrogen) atoms. The Labute approximate surface area is 116 Å². The molecule has 4 nitrogen and oxygen atoms in total. The van der Waals surface area contributed by atoms with Gasteiger partial charge in [-0.15, -0.1) is 0 Å². The number of hydrogen-bond acceptors (Lipinski definition) is 4. The van der Waals surface area contributed by atoms with Crippen LogP contribution in [0.25, 0.3) is 0 Å². The van der Waals surface area contributed by atoms with E-state index in [1.807, 2.05) is 0 Å². The predicted octanol–water partition coefficient (Wildman–Crippen LogP) is 1.91. The van der Waals surface area contributed by atoms with Crippen molar-refractivity contribution in [2.24, 2.45) is 0 Å². The van der Waals surface area contributed by atoms with E-state index in [1.54, 1.807) is 0 Å². The fourth-order valence-electron chi connectivity index (χ4n) is 3.83. The second-order valence-corrected chi connectivity index (χ2v) is 6.35. The van der Waals surface area contributed by atoms with Crippen molar-refractivity contribution in [1.82, 2.24) is 4.90 Å². The summed E-state index contributed by atoms with van der Waals surface area (Å²) in [6.07, 6.45) is 9.69. The first kappa shape index (κ1) is 13.8. The molecule has 3 rings (SSSR count). The van der Waals surface area contributed by atoms with Gasteiger partial charge in [-0.05, 0) is 32.2 Å². The van der Waals surface area contributed by atoms with E-state index in [2.05, 4.69) is 4.90 Å². The van der Waals surface area contributed by atoms with Crippen molar-refractivity contribution < 1.29 is 14.6 Å². The number of hydrogen-bond donors (Lipinski definition) is 1. The van der Waals surface area contributed by atoms with Gasteiger partial charge >= 0.3 is 0 Å². The van der Waals surface area contributed by atoms with Gasteiger partial charge in [0.15, 0.2) is 5.79 Å². The average molecular weight is 269 g/mol. The lowest BCUT2D eigenvalue weighted by Gasteiger charge is -2.31. The molecule has 2 unspecified atom stereocenters. The van der Waals surface area contributed by atoms with Crippen LogP contribution in [0.15, 0.2) is 0 Å². The standard InChI is InChI=1S/C15H27NO3/c17-11-13-6-2-1-5-9-16(13)10-14-12-18-15(19-14)7-3-4-8-15/h13-14,17H,1-12H2. The van der Waals surface area contributed by atoms with Gasteiger partial charge in [-0.2, -0.15) is 0 Å². The third-order valence-electron chi connectivity index (χ3n) is 4.93. The summed E-state index contributed by atoms with van der Waals surface area (Å²) < 4.78 is 12.1. The third-order valence-corrected chi connectivity index (χ3v) is 4.93. The van der Waals surface area contributed by atoms with Crippen LogP contribution in [0.4, 0.5) is 0 Å². The molecule has 110 valence electrons. The van der Waals surface area contributed by atoms with Crippen LogP contribution < -0.4 is 0 Å². The smallest absolute Gasteiger partial charge is 0.168 e. The largest absolute Gasteiger partial charge is 0.395 e. The number of rotatable bonds is 3.